The molecule has 0 atom stereocenters. The van der Waals surface area contributed by atoms with E-state index >= 15 is 0 Å². The molecular weight excluding hydrogens is 404 g/mol. The van der Waals surface area contributed by atoms with E-state index in [-0.39, 0.29) is 15.7 Å². The molecular formula is C17H17ClN6O3S. The van der Waals surface area contributed by atoms with Gasteiger partial charge >= 0.3 is 5.69 Å². The molecule has 0 N–H and O–H groups in total. The van der Waals surface area contributed by atoms with Gasteiger partial charge < -0.3 is 4.90 Å². The van der Waals surface area contributed by atoms with E-state index in [0.29, 0.717) is 24.4 Å². The summed E-state index contributed by atoms with van der Waals surface area (Å²) in [7, 11) is -0.594. The second-order valence-electron chi connectivity index (χ2n) is 6.49. The molecule has 0 aliphatic heterocycles. The Morgan fingerprint density at radius 3 is 2.71 bits per heavy atom. The van der Waals surface area contributed by atoms with Gasteiger partial charge in [0, 0.05) is 25.5 Å². The van der Waals surface area contributed by atoms with E-state index in [1.165, 1.54) is 21.4 Å². The first kappa shape index (κ1) is 18.7. The summed E-state index contributed by atoms with van der Waals surface area (Å²) < 4.78 is 30.4. The summed E-state index contributed by atoms with van der Waals surface area (Å²) in [5.41, 5.74) is 0.155. The zero-order chi connectivity index (χ0) is 20.1. The molecule has 0 saturated heterocycles. The lowest BCUT2D eigenvalue weighted by Crippen LogP contribution is -2.32. The molecule has 0 bridgehead atoms. The third kappa shape index (κ3) is 2.81. The van der Waals surface area contributed by atoms with Crippen molar-refractivity contribution in [3.05, 3.63) is 58.4 Å². The summed E-state index contributed by atoms with van der Waals surface area (Å²) in [6.07, 6.45) is 3.06. The van der Waals surface area contributed by atoms with Crippen LogP contribution < -0.4 is 5.69 Å². The van der Waals surface area contributed by atoms with Crippen LogP contribution in [-0.4, -0.2) is 56.9 Å². The average molecular weight is 421 g/mol. The van der Waals surface area contributed by atoms with Crippen molar-refractivity contribution >= 4 is 38.4 Å². The summed E-state index contributed by atoms with van der Waals surface area (Å²) in [6, 6.07) is 8.15. The van der Waals surface area contributed by atoms with E-state index in [1.807, 2.05) is 19.0 Å². The Morgan fingerprint density at radius 2 is 1.96 bits per heavy atom. The van der Waals surface area contributed by atoms with Crippen molar-refractivity contribution in [1.29, 1.82) is 0 Å². The lowest BCUT2D eigenvalue weighted by Gasteiger charge is -2.09. The molecule has 0 aromatic carbocycles. The summed E-state index contributed by atoms with van der Waals surface area (Å²) in [4.78, 5) is 23.3. The van der Waals surface area contributed by atoms with Crippen molar-refractivity contribution in [3.8, 4) is 0 Å². The molecule has 4 aromatic rings. The third-order valence-electron chi connectivity index (χ3n) is 4.35. The van der Waals surface area contributed by atoms with E-state index in [2.05, 4.69) is 9.97 Å². The van der Waals surface area contributed by atoms with Gasteiger partial charge in [0.05, 0.1) is 0 Å². The van der Waals surface area contributed by atoms with Gasteiger partial charge in [-0.3, -0.25) is 8.97 Å². The summed E-state index contributed by atoms with van der Waals surface area (Å²) in [5.74, 6) is 0. The molecule has 0 aliphatic carbocycles. The second-order valence-corrected chi connectivity index (χ2v) is 8.55. The van der Waals surface area contributed by atoms with Gasteiger partial charge in [-0.1, -0.05) is 17.7 Å². The molecule has 0 unspecified atom stereocenters. The third-order valence-corrected chi connectivity index (χ3v) is 6.43. The smallest absolute Gasteiger partial charge is 0.308 e. The Morgan fingerprint density at radius 1 is 1.18 bits per heavy atom. The first-order valence-corrected chi connectivity index (χ1v) is 10.2. The van der Waals surface area contributed by atoms with Crippen LogP contribution in [0.2, 0.25) is 5.15 Å². The van der Waals surface area contributed by atoms with E-state index in [1.54, 1.807) is 30.3 Å². The van der Waals surface area contributed by atoms with Crippen LogP contribution in [0.4, 0.5) is 0 Å². The van der Waals surface area contributed by atoms with E-state index in [0.717, 1.165) is 3.97 Å². The summed E-state index contributed by atoms with van der Waals surface area (Å²) >= 11 is 6.16. The van der Waals surface area contributed by atoms with Gasteiger partial charge in [0.25, 0.3) is 10.0 Å². The highest BCUT2D eigenvalue weighted by Gasteiger charge is 2.31. The van der Waals surface area contributed by atoms with Gasteiger partial charge in [-0.15, -0.1) is 0 Å². The van der Waals surface area contributed by atoms with Crippen LogP contribution in [0.5, 0.6) is 0 Å². The predicted molar refractivity (Wildman–Crippen MR) is 105 cm³/mol. The van der Waals surface area contributed by atoms with Crippen LogP contribution >= 0.6 is 11.6 Å². The highest BCUT2D eigenvalue weighted by Crippen LogP contribution is 2.26. The van der Waals surface area contributed by atoms with Crippen molar-refractivity contribution in [2.75, 3.05) is 20.6 Å². The number of hydrogen-bond acceptors (Lipinski definition) is 6. The normalized spacial score (nSPS) is 12.4. The van der Waals surface area contributed by atoms with Gasteiger partial charge in [0.2, 0.25) is 0 Å². The monoisotopic (exact) mass is 420 g/mol. The molecule has 146 valence electrons. The Kier molecular flexibility index (Phi) is 4.48. The van der Waals surface area contributed by atoms with Crippen LogP contribution in [0.3, 0.4) is 0 Å². The Hall–Kier alpha value is -2.69. The van der Waals surface area contributed by atoms with Crippen LogP contribution in [0.1, 0.15) is 0 Å². The lowest BCUT2D eigenvalue weighted by atomic mass is 10.4. The molecule has 0 amide bonds. The number of halogens is 1. The maximum Gasteiger partial charge on any atom is 0.344 e. The van der Waals surface area contributed by atoms with Crippen LogP contribution in [0.25, 0.3) is 16.8 Å². The summed E-state index contributed by atoms with van der Waals surface area (Å²) in [5, 5.41) is -0.460. The van der Waals surface area contributed by atoms with Gasteiger partial charge in [-0.25, -0.2) is 14.8 Å². The molecule has 0 radical (unpaired) electrons. The number of nitrogens with zero attached hydrogens (tertiary/aromatic N) is 6. The number of imidazole rings is 2. The van der Waals surface area contributed by atoms with Crippen molar-refractivity contribution in [1.82, 2.24) is 27.8 Å². The highest BCUT2D eigenvalue weighted by atomic mass is 35.5. The van der Waals surface area contributed by atoms with Gasteiger partial charge in [-0.05, 0) is 38.4 Å². The molecule has 11 heteroatoms. The minimum Gasteiger partial charge on any atom is -0.308 e. The highest BCUT2D eigenvalue weighted by molar-refractivity contribution is 7.90. The first-order valence-electron chi connectivity index (χ1n) is 8.41. The van der Waals surface area contributed by atoms with Crippen molar-refractivity contribution in [2.45, 2.75) is 11.6 Å². The maximum absolute atomic E-state index is 13.5. The Bertz CT molecular complexity index is 1350. The maximum atomic E-state index is 13.5. The van der Waals surface area contributed by atoms with Crippen LogP contribution in [-0.2, 0) is 16.6 Å². The predicted octanol–water partition coefficient (Wildman–Crippen LogP) is 1.30. The quantitative estimate of drug-likeness (QED) is 0.483. The minimum absolute atomic E-state index is 0.188. The molecule has 0 saturated carbocycles. The van der Waals surface area contributed by atoms with Crippen molar-refractivity contribution < 1.29 is 8.42 Å². The number of pyridine rings is 2. The van der Waals surface area contributed by atoms with Crippen LogP contribution in [0.15, 0.2) is 52.5 Å². The van der Waals surface area contributed by atoms with Gasteiger partial charge in [-0.2, -0.15) is 12.4 Å². The fourth-order valence-corrected chi connectivity index (χ4v) is 5.06. The average Bonchev–Trinajstić information content (AvgIpc) is 3.13. The fraction of sp³-hybridized carbons (Fsp3) is 0.235. The van der Waals surface area contributed by atoms with E-state index in [4.69, 9.17) is 11.6 Å². The molecule has 0 fully saturated rings. The fourth-order valence-electron chi connectivity index (χ4n) is 3.05. The number of likely N-dealkylation sites (N-methyl/N-ethyl adjacent to an activating group) is 1. The van der Waals surface area contributed by atoms with E-state index < -0.39 is 15.7 Å². The molecule has 9 nitrogen and oxygen atoms in total. The molecule has 28 heavy (non-hydrogen) atoms. The minimum atomic E-state index is -4.33. The van der Waals surface area contributed by atoms with Crippen molar-refractivity contribution in [2.24, 2.45) is 0 Å². The first-order chi connectivity index (χ1) is 13.3. The lowest BCUT2D eigenvalue weighted by molar-refractivity contribution is 0.383. The molecule has 0 aliphatic rings. The zero-order valence-electron chi connectivity index (χ0n) is 15.1. The molecule has 4 aromatic heterocycles. The Labute approximate surface area is 165 Å². The largest absolute Gasteiger partial charge is 0.344 e. The number of fused-ring (bicyclic) bond motifs is 2. The Balaban J connectivity index is 2.02. The van der Waals surface area contributed by atoms with Crippen molar-refractivity contribution in [3.63, 3.8) is 0 Å². The number of hydrogen-bond donors (Lipinski definition) is 0. The summed E-state index contributed by atoms with van der Waals surface area (Å²) in [6.45, 7) is 0.842. The molecule has 4 heterocycles. The van der Waals surface area contributed by atoms with Gasteiger partial charge in [0.1, 0.15) is 11.2 Å². The SMILES string of the molecule is CN(C)CCn1c(=O)n(S(=O)(=O)c2c(Cl)nc3ccccn23)c2cccnc21. The number of aromatic nitrogens is 5. The van der Waals surface area contributed by atoms with Gasteiger partial charge in [0.15, 0.2) is 15.8 Å². The standard InChI is InChI=1S/C17H17ClN6O3S/c1-21(2)10-11-23-15-12(6-5-8-19-15)24(17(23)25)28(26,27)16-14(18)20-13-7-3-4-9-22(13)16/h3-9H,10-11H2,1-2H3. The van der Waals surface area contributed by atoms with Crippen LogP contribution in [0, 0.1) is 0 Å². The van der Waals surface area contributed by atoms with E-state index in [9.17, 15) is 13.2 Å². The molecule has 4 rings (SSSR count). The molecule has 0 spiro atoms. The second kappa shape index (κ2) is 6.73. The topological polar surface area (TPSA) is 94.5 Å². The number of rotatable bonds is 5. The zero-order valence-corrected chi connectivity index (χ0v) is 16.7.